The fraction of sp³-hybridized carbons (Fsp3) is 0.417. The van der Waals surface area contributed by atoms with Crippen molar-refractivity contribution < 1.29 is 9.18 Å². The average molecular weight is 259 g/mol. The quantitative estimate of drug-likeness (QED) is 0.820. The molecule has 0 spiro atoms. The van der Waals surface area contributed by atoms with Crippen LogP contribution in [-0.2, 0) is 11.3 Å². The summed E-state index contributed by atoms with van der Waals surface area (Å²) in [6.45, 7) is 3.34. The molecule has 1 aromatic carbocycles. The van der Waals surface area contributed by atoms with Crippen molar-refractivity contribution in [3.05, 3.63) is 34.6 Å². The fourth-order valence-corrected chi connectivity index (χ4v) is 1.54. The van der Waals surface area contributed by atoms with Crippen molar-refractivity contribution in [3.8, 4) is 0 Å². The van der Waals surface area contributed by atoms with E-state index in [1.54, 1.807) is 6.07 Å². The van der Waals surface area contributed by atoms with Crippen LogP contribution in [-0.4, -0.2) is 19.0 Å². The van der Waals surface area contributed by atoms with Crippen LogP contribution in [0, 0.1) is 5.82 Å². The van der Waals surface area contributed by atoms with Crippen molar-refractivity contribution in [2.75, 3.05) is 13.1 Å². The Bertz CT molecular complexity index is 385. The molecule has 5 heteroatoms. The van der Waals surface area contributed by atoms with Crippen LogP contribution >= 0.6 is 11.6 Å². The molecular formula is C12H16ClFN2O. The second-order valence-electron chi connectivity index (χ2n) is 3.69. The van der Waals surface area contributed by atoms with Crippen LogP contribution in [0.2, 0.25) is 5.02 Å². The summed E-state index contributed by atoms with van der Waals surface area (Å²) in [5, 5.41) is 6.07. The summed E-state index contributed by atoms with van der Waals surface area (Å²) in [4.78, 5) is 11.3. The lowest BCUT2D eigenvalue weighted by molar-refractivity contribution is -0.120. The van der Waals surface area contributed by atoms with Gasteiger partial charge in [0, 0.05) is 18.1 Å². The van der Waals surface area contributed by atoms with Crippen molar-refractivity contribution in [3.63, 3.8) is 0 Å². The van der Waals surface area contributed by atoms with E-state index in [4.69, 9.17) is 11.6 Å². The Morgan fingerprint density at radius 1 is 1.47 bits per heavy atom. The highest BCUT2D eigenvalue weighted by molar-refractivity contribution is 6.31. The molecule has 0 saturated carbocycles. The Kier molecular flexibility index (Phi) is 5.94. The van der Waals surface area contributed by atoms with Gasteiger partial charge in [0.25, 0.3) is 0 Å². The number of carbonyl (C=O) groups excluding carboxylic acids is 1. The number of benzene rings is 1. The third kappa shape index (κ3) is 5.15. The number of amides is 1. The van der Waals surface area contributed by atoms with Crippen LogP contribution in [0.5, 0.6) is 0 Å². The van der Waals surface area contributed by atoms with E-state index in [1.807, 2.05) is 6.92 Å². The van der Waals surface area contributed by atoms with Gasteiger partial charge in [0.15, 0.2) is 0 Å². The molecule has 0 unspecified atom stereocenters. The van der Waals surface area contributed by atoms with E-state index in [-0.39, 0.29) is 18.3 Å². The van der Waals surface area contributed by atoms with Crippen molar-refractivity contribution in [1.29, 1.82) is 0 Å². The van der Waals surface area contributed by atoms with Gasteiger partial charge in [-0.15, -0.1) is 0 Å². The maximum absolute atomic E-state index is 12.8. The van der Waals surface area contributed by atoms with Gasteiger partial charge in [-0.1, -0.05) is 24.6 Å². The standard InChI is InChI=1S/C12H16ClFN2O/c1-2-5-16-12(17)8-15-7-9-3-4-10(14)6-11(9)13/h3-4,6,15H,2,5,7-8H2,1H3,(H,16,17). The molecule has 1 aromatic rings. The molecule has 94 valence electrons. The second kappa shape index (κ2) is 7.25. The summed E-state index contributed by atoms with van der Waals surface area (Å²) in [7, 11) is 0. The minimum absolute atomic E-state index is 0.0508. The van der Waals surface area contributed by atoms with Gasteiger partial charge in [-0.3, -0.25) is 4.79 Å². The Morgan fingerprint density at radius 2 is 2.24 bits per heavy atom. The summed E-state index contributed by atoms with van der Waals surface area (Å²) >= 11 is 5.85. The maximum Gasteiger partial charge on any atom is 0.233 e. The highest BCUT2D eigenvalue weighted by atomic mass is 35.5. The topological polar surface area (TPSA) is 41.1 Å². The van der Waals surface area contributed by atoms with E-state index in [1.165, 1.54) is 12.1 Å². The SMILES string of the molecule is CCCNC(=O)CNCc1ccc(F)cc1Cl. The molecule has 2 N–H and O–H groups in total. The lowest BCUT2D eigenvalue weighted by Gasteiger charge is -2.07. The maximum atomic E-state index is 12.8. The van der Waals surface area contributed by atoms with Crippen LogP contribution in [0.15, 0.2) is 18.2 Å². The number of nitrogens with one attached hydrogen (secondary N) is 2. The van der Waals surface area contributed by atoms with Gasteiger partial charge in [-0.05, 0) is 24.1 Å². The van der Waals surface area contributed by atoms with Crippen molar-refractivity contribution in [1.82, 2.24) is 10.6 Å². The number of rotatable bonds is 6. The first-order valence-electron chi connectivity index (χ1n) is 5.54. The molecule has 0 aliphatic heterocycles. The van der Waals surface area contributed by atoms with Gasteiger partial charge in [-0.2, -0.15) is 0 Å². The van der Waals surface area contributed by atoms with Crippen LogP contribution in [0.25, 0.3) is 0 Å². The minimum atomic E-state index is -0.362. The summed E-state index contributed by atoms with van der Waals surface area (Å²) in [5.41, 5.74) is 0.774. The molecule has 17 heavy (non-hydrogen) atoms. The number of carbonyl (C=O) groups is 1. The third-order valence-electron chi connectivity index (χ3n) is 2.19. The smallest absolute Gasteiger partial charge is 0.233 e. The van der Waals surface area contributed by atoms with Crippen molar-refractivity contribution >= 4 is 17.5 Å². The molecule has 0 radical (unpaired) electrons. The lowest BCUT2D eigenvalue weighted by Crippen LogP contribution is -2.33. The first-order chi connectivity index (χ1) is 8.13. The first kappa shape index (κ1) is 13.9. The molecule has 0 aliphatic rings. The van der Waals surface area contributed by atoms with Crippen LogP contribution in [0.1, 0.15) is 18.9 Å². The molecule has 0 bridgehead atoms. The Hall–Kier alpha value is -1.13. The molecule has 1 rings (SSSR count). The highest BCUT2D eigenvalue weighted by Crippen LogP contribution is 2.16. The van der Waals surface area contributed by atoms with E-state index < -0.39 is 0 Å². The molecule has 0 fully saturated rings. The number of hydrogen-bond donors (Lipinski definition) is 2. The molecule has 0 heterocycles. The number of halogens is 2. The third-order valence-corrected chi connectivity index (χ3v) is 2.54. The van der Waals surface area contributed by atoms with Crippen LogP contribution in [0.3, 0.4) is 0 Å². The van der Waals surface area contributed by atoms with Crippen LogP contribution < -0.4 is 10.6 Å². The first-order valence-corrected chi connectivity index (χ1v) is 5.92. The average Bonchev–Trinajstić information content (AvgIpc) is 2.29. The predicted molar refractivity (Wildman–Crippen MR) is 66.4 cm³/mol. The van der Waals surface area contributed by atoms with E-state index >= 15 is 0 Å². The zero-order valence-corrected chi connectivity index (χ0v) is 10.5. The van der Waals surface area contributed by atoms with Crippen molar-refractivity contribution in [2.45, 2.75) is 19.9 Å². The summed E-state index contributed by atoms with van der Waals surface area (Å²) in [6, 6.07) is 4.21. The van der Waals surface area contributed by atoms with Gasteiger partial charge < -0.3 is 10.6 Å². The monoisotopic (exact) mass is 258 g/mol. The zero-order chi connectivity index (χ0) is 12.7. The molecule has 3 nitrogen and oxygen atoms in total. The summed E-state index contributed by atoms with van der Waals surface area (Å²) < 4.78 is 12.8. The van der Waals surface area contributed by atoms with E-state index in [9.17, 15) is 9.18 Å². The molecule has 0 saturated heterocycles. The van der Waals surface area contributed by atoms with E-state index in [0.29, 0.717) is 18.1 Å². The molecule has 1 amide bonds. The van der Waals surface area contributed by atoms with Gasteiger partial charge >= 0.3 is 0 Å². The largest absolute Gasteiger partial charge is 0.355 e. The molecule has 0 aromatic heterocycles. The Labute approximate surface area is 105 Å². The summed E-state index contributed by atoms with van der Waals surface area (Å²) in [6.07, 6.45) is 0.912. The molecule has 0 aliphatic carbocycles. The second-order valence-corrected chi connectivity index (χ2v) is 4.10. The molecule has 0 atom stereocenters. The predicted octanol–water partition coefficient (Wildman–Crippen LogP) is 2.09. The normalized spacial score (nSPS) is 10.3. The summed E-state index contributed by atoms with van der Waals surface area (Å²) in [5.74, 6) is -0.412. The fourth-order valence-electron chi connectivity index (χ4n) is 1.30. The van der Waals surface area contributed by atoms with Gasteiger partial charge in [0.05, 0.1) is 6.54 Å². The molecular weight excluding hydrogens is 243 g/mol. The Morgan fingerprint density at radius 3 is 2.88 bits per heavy atom. The lowest BCUT2D eigenvalue weighted by atomic mass is 10.2. The van der Waals surface area contributed by atoms with E-state index in [2.05, 4.69) is 10.6 Å². The zero-order valence-electron chi connectivity index (χ0n) is 9.72. The van der Waals surface area contributed by atoms with Gasteiger partial charge in [0.1, 0.15) is 5.82 Å². The van der Waals surface area contributed by atoms with Gasteiger partial charge in [-0.25, -0.2) is 4.39 Å². The number of hydrogen-bond acceptors (Lipinski definition) is 2. The van der Waals surface area contributed by atoms with E-state index in [0.717, 1.165) is 12.0 Å². The van der Waals surface area contributed by atoms with Gasteiger partial charge in [0.2, 0.25) is 5.91 Å². The van der Waals surface area contributed by atoms with Crippen molar-refractivity contribution in [2.24, 2.45) is 0 Å². The Balaban J connectivity index is 2.33. The van der Waals surface area contributed by atoms with Crippen LogP contribution in [0.4, 0.5) is 4.39 Å². The highest BCUT2D eigenvalue weighted by Gasteiger charge is 2.03. The minimum Gasteiger partial charge on any atom is -0.355 e.